The minimum atomic E-state index is -1.58. The number of para-hydroxylation sites is 2. The lowest BCUT2D eigenvalue weighted by atomic mass is 10.0. The van der Waals surface area contributed by atoms with Crippen LogP contribution in [0.2, 0.25) is 10.0 Å². The minimum Gasteiger partial charge on any atom is -0.457 e. The monoisotopic (exact) mass is 840 g/mol. The van der Waals surface area contributed by atoms with Gasteiger partial charge >= 0.3 is 0 Å². The summed E-state index contributed by atoms with van der Waals surface area (Å²) in [6, 6.07) is 67.8. The van der Waals surface area contributed by atoms with Crippen molar-refractivity contribution < 1.29 is 9.47 Å². The van der Waals surface area contributed by atoms with E-state index in [4.69, 9.17) is 47.6 Å². The average molecular weight is 842 g/mol. The Morgan fingerprint density at radius 3 is 1.39 bits per heavy atom. The molecule has 62 heavy (non-hydrogen) atoms. The number of hydrogen-bond donors (Lipinski definition) is 0. The molecule has 0 amide bonds. The summed E-state index contributed by atoms with van der Waals surface area (Å²) >= 11 is 15.1. The molecule has 6 heterocycles. The van der Waals surface area contributed by atoms with Crippen LogP contribution < -0.4 is 9.47 Å². The lowest BCUT2D eigenvalue weighted by molar-refractivity contribution is 0.408. The molecule has 0 saturated heterocycles. The summed E-state index contributed by atoms with van der Waals surface area (Å²) in [4.78, 5) is 17.2. The van der Waals surface area contributed by atoms with Crippen LogP contribution in [0.1, 0.15) is 16.7 Å². The molecule has 8 heteroatoms. The maximum absolute atomic E-state index is 7.65. The van der Waals surface area contributed by atoms with Gasteiger partial charge in [0.2, 0.25) is 0 Å². The summed E-state index contributed by atoms with van der Waals surface area (Å²) in [5, 5.41) is 0.816. The molecule has 0 unspecified atom stereocenters. The first-order valence-corrected chi connectivity index (χ1v) is 21.0. The highest BCUT2D eigenvalue weighted by atomic mass is 35.5. The van der Waals surface area contributed by atoms with Gasteiger partial charge in [0, 0.05) is 50.6 Å². The number of rotatable bonds is 4. The predicted molar refractivity (Wildman–Crippen MR) is 250 cm³/mol. The Labute approximate surface area is 368 Å². The number of hydrogen-bond acceptors (Lipinski definition) is 5. The molecule has 296 valence electrons. The molecule has 9 aromatic rings. The van der Waals surface area contributed by atoms with Gasteiger partial charge in [-0.25, -0.2) is 15.0 Å². The smallest absolute Gasteiger partial charge is 0.263 e. The van der Waals surface area contributed by atoms with E-state index in [-0.39, 0.29) is 0 Å². The first-order valence-electron chi connectivity index (χ1n) is 20.2. The number of ether oxygens (including phenoxy) is 2. The van der Waals surface area contributed by atoms with Crippen LogP contribution in [0.4, 0.5) is 0 Å². The van der Waals surface area contributed by atoms with Crippen LogP contribution in [-0.2, 0) is 5.79 Å². The van der Waals surface area contributed by atoms with Gasteiger partial charge in [-0.3, -0.25) is 4.57 Å². The third kappa shape index (κ3) is 6.48. The fourth-order valence-electron chi connectivity index (χ4n) is 8.32. The van der Waals surface area contributed by atoms with Gasteiger partial charge in [0.1, 0.15) is 28.8 Å². The van der Waals surface area contributed by atoms with E-state index in [9.17, 15) is 0 Å². The Hall–Kier alpha value is -7.51. The summed E-state index contributed by atoms with van der Waals surface area (Å²) in [5.41, 5.74) is 9.44. The quantitative estimate of drug-likeness (QED) is 0.177. The third-order valence-electron chi connectivity index (χ3n) is 11.1. The Bertz CT molecular complexity index is 3150. The summed E-state index contributed by atoms with van der Waals surface area (Å²) in [5.74, 6) is 1.31. The molecular weight excluding hydrogens is 808 g/mol. The van der Waals surface area contributed by atoms with Crippen LogP contribution >= 0.6 is 23.2 Å². The van der Waals surface area contributed by atoms with Crippen LogP contribution in [0.15, 0.2) is 216 Å². The van der Waals surface area contributed by atoms with Crippen molar-refractivity contribution in [1.29, 1.82) is 0 Å². The van der Waals surface area contributed by atoms with E-state index in [2.05, 4.69) is 53.1 Å². The van der Waals surface area contributed by atoms with Crippen molar-refractivity contribution in [2.45, 2.75) is 5.79 Å². The number of benzene rings is 8. The maximum Gasteiger partial charge on any atom is 0.263 e. The highest BCUT2D eigenvalue weighted by Gasteiger charge is 2.46. The molecule has 0 fully saturated rings. The molecule has 0 atom stereocenters. The molecule has 5 aliphatic heterocycles. The Balaban J connectivity index is 1.30. The van der Waals surface area contributed by atoms with Gasteiger partial charge in [-0.15, -0.1) is 0 Å². The van der Waals surface area contributed by atoms with E-state index >= 15 is 0 Å². The molecule has 0 aliphatic carbocycles. The molecule has 5 aliphatic rings. The van der Waals surface area contributed by atoms with Crippen molar-refractivity contribution in [3.05, 3.63) is 233 Å². The van der Waals surface area contributed by atoms with E-state index in [1.165, 1.54) is 0 Å². The highest BCUT2D eigenvalue weighted by Crippen LogP contribution is 2.50. The number of aromatic nitrogens is 2. The highest BCUT2D eigenvalue weighted by molar-refractivity contribution is 6.54. The summed E-state index contributed by atoms with van der Waals surface area (Å²) < 4.78 is 15.5. The van der Waals surface area contributed by atoms with Gasteiger partial charge in [0.15, 0.2) is 0 Å². The molecule has 0 saturated carbocycles. The topological polar surface area (TPSA) is 61.0 Å². The lowest BCUT2D eigenvalue weighted by Crippen LogP contribution is -2.32. The Morgan fingerprint density at radius 1 is 0.419 bits per heavy atom. The van der Waals surface area contributed by atoms with Crippen molar-refractivity contribution in [3.63, 3.8) is 0 Å². The van der Waals surface area contributed by atoms with Gasteiger partial charge in [-0.05, 0) is 42.5 Å². The number of halogens is 2. The Kier molecular flexibility index (Phi) is 9.38. The summed E-state index contributed by atoms with van der Waals surface area (Å²) in [6.07, 6.45) is 0. The zero-order valence-electron chi connectivity index (χ0n) is 33.0. The second-order valence-corrected chi connectivity index (χ2v) is 15.8. The summed E-state index contributed by atoms with van der Waals surface area (Å²) in [7, 11) is 0. The molecule has 6 nitrogen and oxygen atoms in total. The van der Waals surface area contributed by atoms with Crippen molar-refractivity contribution in [1.82, 2.24) is 9.55 Å². The SMILES string of the molecule is Clc1cc2ccc1-c1nc(-c3ccccc3)c(-c3ccccc3)n1C1(N=C(c3ccccc3)C(c3ccccc3)=N1)c1ccc(cc1Cl)Oc1ccccc1-c1ccccc1O2. The fraction of sp³-hybridized carbons (Fsp3) is 0.0185. The molecule has 1 spiro atoms. The second kappa shape index (κ2) is 15.5. The number of aliphatic imine (C=N–C) groups is 2. The van der Waals surface area contributed by atoms with Crippen molar-refractivity contribution in [2.75, 3.05) is 0 Å². The van der Waals surface area contributed by atoms with E-state index in [1.54, 1.807) is 0 Å². The van der Waals surface area contributed by atoms with E-state index in [1.807, 2.05) is 158 Å². The number of nitrogens with zero attached hydrogens (tertiary/aromatic N) is 4. The minimum absolute atomic E-state index is 0.392. The first-order chi connectivity index (χ1) is 30.5. The van der Waals surface area contributed by atoms with Gasteiger partial charge in [-0.2, -0.15) is 0 Å². The van der Waals surface area contributed by atoms with Crippen molar-refractivity contribution >= 4 is 34.6 Å². The molecule has 14 rings (SSSR count). The number of imidazole rings is 1. The molecule has 8 aromatic carbocycles. The predicted octanol–water partition coefficient (Wildman–Crippen LogP) is 14.4. The normalized spacial score (nSPS) is 13.6. The van der Waals surface area contributed by atoms with Gasteiger partial charge < -0.3 is 9.47 Å². The molecule has 0 N–H and O–H groups in total. The van der Waals surface area contributed by atoms with Crippen molar-refractivity contribution in [2.24, 2.45) is 9.98 Å². The standard InChI is InChI=1S/C54H34Cl2N4O2/c55-45-33-39-29-31-43(45)53-57-51(37-21-9-3-10-22-37)52(38-23-11-4-12-24-38)60(53)54(58-49(35-17-5-1-6-18-35)50(59-54)36-19-7-2-8-20-36)44-32-30-40(34-46(44)56)62-48-28-16-14-26-42(48)41-25-13-15-27-47(41)61-39/h1-34H. The van der Waals surface area contributed by atoms with Gasteiger partial charge in [0.25, 0.3) is 5.79 Å². The van der Waals surface area contributed by atoms with Crippen LogP contribution in [0.25, 0.3) is 45.0 Å². The lowest BCUT2D eigenvalue weighted by Gasteiger charge is -2.31. The van der Waals surface area contributed by atoms with Crippen molar-refractivity contribution in [3.8, 4) is 68.0 Å². The third-order valence-corrected chi connectivity index (χ3v) is 11.8. The molecule has 4 bridgehead atoms. The molecular formula is C54H34Cl2N4O2. The summed E-state index contributed by atoms with van der Waals surface area (Å²) in [6.45, 7) is 0. The molecule has 1 aromatic heterocycles. The van der Waals surface area contributed by atoms with E-state index in [0.29, 0.717) is 61.4 Å². The maximum atomic E-state index is 7.65. The molecule has 0 radical (unpaired) electrons. The van der Waals surface area contributed by atoms with E-state index in [0.717, 1.165) is 44.8 Å². The van der Waals surface area contributed by atoms with Crippen LogP contribution in [0.5, 0.6) is 23.0 Å². The fourth-order valence-corrected chi connectivity index (χ4v) is 8.88. The average Bonchev–Trinajstić information content (AvgIpc) is 3.92. The zero-order chi connectivity index (χ0) is 41.6. The zero-order valence-corrected chi connectivity index (χ0v) is 34.5. The van der Waals surface area contributed by atoms with E-state index < -0.39 is 5.79 Å². The Morgan fingerprint density at radius 2 is 0.871 bits per heavy atom. The van der Waals surface area contributed by atoms with Crippen LogP contribution in [0.3, 0.4) is 0 Å². The first kappa shape index (κ1) is 37.5. The van der Waals surface area contributed by atoms with Gasteiger partial charge in [0.05, 0.1) is 32.9 Å². The van der Waals surface area contributed by atoms with Gasteiger partial charge in [-0.1, -0.05) is 181 Å². The second-order valence-electron chi connectivity index (χ2n) is 15.0. The van der Waals surface area contributed by atoms with Crippen LogP contribution in [0, 0.1) is 0 Å². The largest absolute Gasteiger partial charge is 0.457 e. The van der Waals surface area contributed by atoms with Crippen LogP contribution in [-0.4, -0.2) is 21.0 Å².